The number of amides is 1. The summed E-state index contributed by atoms with van der Waals surface area (Å²) in [7, 11) is 1.46. The zero-order chi connectivity index (χ0) is 10.8. The Labute approximate surface area is 93.4 Å². The van der Waals surface area contributed by atoms with Crippen molar-refractivity contribution in [1.29, 1.82) is 0 Å². The van der Waals surface area contributed by atoms with Crippen molar-refractivity contribution >= 4 is 17.2 Å². The van der Waals surface area contributed by atoms with Crippen LogP contribution in [0.25, 0.3) is 0 Å². The van der Waals surface area contributed by atoms with E-state index in [1.54, 1.807) is 11.3 Å². The highest BCUT2D eigenvalue weighted by molar-refractivity contribution is 7.10. The Balaban J connectivity index is 2.24. The predicted octanol–water partition coefficient (Wildman–Crippen LogP) is 2.16. The molecule has 1 unspecified atom stereocenters. The summed E-state index contributed by atoms with van der Waals surface area (Å²) in [6.45, 7) is 2.26. The van der Waals surface area contributed by atoms with E-state index in [0.29, 0.717) is 0 Å². The Hall–Kier alpha value is -0.870. The van der Waals surface area contributed by atoms with Crippen LogP contribution in [0.2, 0.25) is 0 Å². The Morgan fingerprint density at radius 1 is 1.67 bits per heavy atom. The van der Waals surface area contributed by atoms with Crippen molar-refractivity contribution in [3.8, 4) is 0 Å². The normalized spacial score (nSPS) is 19.7. The maximum absolute atomic E-state index is 11.6. The van der Waals surface area contributed by atoms with Crippen molar-refractivity contribution in [2.45, 2.75) is 26.2 Å². The summed E-state index contributed by atoms with van der Waals surface area (Å²) in [4.78, 5) is 17.6. The number of carbonyl (C=O) groups excluding carboxylic acids is 1. The largest absolute Gasteiger partial charge is 0.277 e. The summed E-state index contributed by atoms with van der Waals surface area (Å²) in [6, 6.07) is 0. The van der Waals surface area contributed by atoms with Gasteiger partial charge in [0.2, 0.25) is 0 Å². The summed E-state index contributed by atoms with van der Waals surface area (Å²) in [6.07, 6.45) is 3.31. The quantitative estimate of drug-likeness (QED) is 0.783. The standard InChI is InChI=1S/C11H15NO2S/c1-7-3-4-8-9(11(13)12-14-2)6-15-10(8)5-7/h6-7H,3-5H2,1-2H3,(H,12,13). The molecule has 1 aliphatic carbocycles. The number of hydrogen-bond acceptors (Lipinski definition) is 3. The zero-order valence-corrected chi connectivity index (χ0v) is 9.82. The van der Waals surface area contributed by atoms with Crippen molar-refractivity contribution < 1.29 is 9.63 Å². The van der Waals surface area contributed by atoms with Crippen molar-refractivity contribution in [3.63, 3.8) is 0 Å². The Morgan fingerprint density at radius 3 is 3.20 bits per heavy atom. The molecule has 1 atom stereocenters. The molecule has 0 saturated carbocycles. The van der Waals surface area contributed by atoms with Gasteiger partial charge in [0.1, 0.15) is 0 Å². The third kappa shape index (κ3) is 2.06. The van der Waals surface area contributed by atoms with Gasteiger partial charge in [-0.25, -0.2) is 5.48 Å². The topological polar surface area (TPSA) is 38.3 Å². The van der Waals surface area contributed by atoms with E-state index >= 15 is 0 Å². The molecule has 1 N–H and O–H groups in total. The molecule has 1 heterocycles. The fourth-order valence-corrected chi connectivity index (χ4v) is 3.26. The molecule has 0 aliphatic heterocycles. The molecule has 0 aromatic carbocycles. The van der Waals surface area contributed by atoms with Gasteiger partial charge in [0.15, 0.2) is 0 Å². The highest BCUT2D eigenvalue weighted by Gasteiger charge is 2.22. The van der Waals surface area contributed by atoms with Gasteiger partial charge >= 0.3 is 0 Å². The van der Waals surface area contributed by atoms with Crippen molar-refractivity contribution in [2.75, 3.05) is 7.11 Å². The lowest BCUT2D eigenvalue weighted by atomic mass is 9.88. The lowest BCUT2D eigenvalue weighted by Gasteiger charge is -2.18. The van der Waals surface area contributed by atoms with Crippen molar-refractivity contribution in [3.05, 3.63) is 21.4 Å². The first-order valence-corrected chi connectivity index (χ1v) is 6.03. The number of hydrogen-bond donors (Lipinski definition) is 1. The molecular weight excluding hydrogens is 210 g/mol. The monoisotopic (exact) mass is 225 g/mol. The van der Waals surface area contributed by atoms with Gasteiger partial charge in [0, 0.05) is 10.3 Å². The number of carbonyl (C=O) groups is 1. The molecule has 1 amide bonds. The lowest BCUT2D eigenvalue weighted by Crippen LogP contribution is -2.23. The van der Waals surface area contributed by atoms with Crippen LogP contribution in [0.5, 0.6) is 0 Å². The van der Waals surface area contributed by atoms with Crippen LogP contribution in [0, 0.1) is 5.92 Å². The minimum Gasteiger partial charge on any atom is -0.277 e. The van der Waals surface area contributed by atoms with Gasteiger partial charge in [-0.05, 0) is 30.7 Å². The van der Waals surface area contributed by atoms with E-state index in [0.717, 1.165) is 24.3 Å². The average Bonchev–Trinajstić information content (AvgIpc) is 2.60. The summed E-state index contributed by atoms with van der Waals surface area (Å²) in [5.74, 6) is 0.624. The third-order valence-electron chi connectivity index (χ3n) is 2.84. The maximum atomic E-state index is 11.6. The molecule has 15 heavy (non-hydrogen) atoms. The lowest BCUT2D eigenvalue weighted by molar-refractivity contribution is 0.0537. The summed E-state index contributed by atoms with van der Waals surface area (Å²) in [5, 5.41) is 1.94. The van der Waals surface area contributed by atoms with Crippen LogP contribution >= 0.6 is 11.3 Å². The molecule has 2 rings (SSSR count). The number of hydroxylamine groups is 1. The molecular formula is C11H15NO2S. The van der Waals surface area contributed by atoms with Crippen molar-refractivity contribution in [2.24, 2.45) is 5.92 Å². The van der Waals surface area contributed by atoms with Crippen LogP contribution in [0.1, 0.15) is 34.1 Å². The molecule has 1 aromatic rings. The number of thiophene rings is 1. The van der Waals surface area contributed by atoms with Crippen LogP contribution in [0.4, 0.5) is 0 Å². The molecule has 0 radical (unpaired) electrons. The highest BCUT2D eigenvalue weighted by atomic mass is 32.1. The minimum absolute atomic E-state index is 0.121. The number of nitrogens with one attached hydrogen (secondary N) is 1. The number of fused-ring (bicyclic) bond motifs is 1. The van der Waals surface area contributed by atoms with Gasteiger partial charge < -0.3 is 0 Å². The van der Waals surface area contributed by atoms with Crippen LogP contribution in [-0.4, -0.2) is 13.0 Å². The fourth-order valence-electron chi connectivity index (χ4n) is 2.02. The van der Waals surface area contributed by atoms with Gasteiger partial charge in [0.25, 0.3) is 5.91 Å². The predicted molar refractivity (Wildman–Crippen MR) is 60.0 cm³/mol. The fraction of sp³-hybridized carbons (Fsp3) is 0.545. The van der Waals surface area contributed by atoms with E-state index < -0.39 is 0 Å². The van der Waals surface area contributed by atoms with Gasteiger partial charge in [-0.3, -0.25) is 9.63 Å². The first-order valence-electron chi connectivity index (χ1n) is 5.15. The molecule has 0 saturated heterocycles. The molecule has 4 heteroatoms. The van der Waals surface area contributed by atoms with Crippen molar-refractivity contribution in [1.82, 2.24) is 5.48 Å². The minimum atomic E-state index is -0.121. The highest BCUT2D eigenvalue weighted by Crippen LogP contribution is 2.32. The second-order valence-corrected chi connectivity index (χ2v) is 5.00. The van der Waals surface area contributed by atoms with Crippen LogP contribution in [0.3, 0.4) is 0 Å². The molecule has 0 bridgehead atoms. The van der Waals surface area contributed by atoms with Gasteiger partial charge in [-0.1, -0.05) is 6.92 Å². The van der Waals surface area contributed by atoms with Crippen LogP contribution < -0.4 is 5.48 Å². The van der Waals surface area contributed by atoms with E-state index in [9.17, 15) is 4.79 Å². The second kappa shape index (κ2) is 4.33. The smallest absolute Gasteiger partial charge is 0.275 e. The van der Waals surface area contributed by atoms with Gasteiger partial charge in [-0.2, -0.15) is 0 Å². The van der Waals surface area contributed by atoms with E-state index in [2.05, 4.69) is 17.2 Å². The molecule has 0 spiro atoms. The molecule has 82 valence electrons. The molecule has 0 fully saturated rings. The zero-order valence-electron chi connectivity index (χ0n) is 9.00. The molecule has 1 aliphatic rings. The Morgan fingerprint density at radius 2 is 2.47 bits per heavy atom. The average molecular weight is 225 g/mol. The van der Waals surface area contributed by atoms with Crippen LogP contribution in [0.15, 0.2) is 5.38 Å². The SMILES string of the molecule is CONC(=O)c1csc2c1CCC(C)C2. The van der Waals surface area contributed by atoms with E-state index in [1.807, 2.05) is 5.38 Å². The van der Waals surface area contributed by atoms with Crippen LogP contribution in [-0.2, 0) is 17.7 Å². The van der Waals surface area contributed by atoms with E-state index in [4.69, 9.17) is 0 Å². The molecule has 3 nitrogen and oxygen atoms in total. The van der Waals surface area contributed by atoms with Gasteiger partial charge in [0.05, 0.1) is 12.7 Å². The Kier molecular flexibility index (Phi) is 3.07. The third-order valence-corrected chi connectivity index (χ3v) is 3.89. The first kappa shape index (κ1) is 10.6. The second-order valence-electron chi connectivity index (χ2n) is 4.03. The molecule has 1 aromatic heterocycles. The van der Waals surface area contributed by atoms with Gasteiger partial charge in [-0.15, -0.1) is 11.3 Å². The first-order chi connectivity index (χ1) is 7.22. The summed E-state index contributed by atoms with van der Waals surface area (Å²) < 4.78 is 0. The summed E-state index contributed by atoms with van der Waals surface area (Å²) >= 11 is 1.69. The van der Waals surface area contributed by atoms with E-state index in [1.165, 1.54) is 24.0 Å². The van der Waals surface area contributed by atoms with E-state index in [-0.39, 0.29) is 5.91 Å². The Bertz CT molecular complexity index is 373. The summed E-state index contributed by atoms with van der Waals surface area (Å²) in [5.41, 5.74) is 4.40. The number of rotatable bonds is 2. The maximum Gasteiger partial charge on any atom is 0.275 e.